The molecule has 0 aromatic carbocycles. The SMILES string of the molecule is Clc1ncccc1OC[C@@H]1CO1. The van der Waals surface area contributed by atoms with E-state index in [2.05, 4.69) is 4.98 Å². The molecule has 1 aliphatic heterocycles. The maximum atomic E-state index is 5.75. The first kappa shape index (κ1) is 7.83. The van der Waals surface area contributed by atoms with Gasteiger partial charge in [0.05, 0.1) is 6.61 Å². The Kier molecular flexibility index (Phi) is 2.15. The van der Waals surface area contributed by atoms with Gasteiger partial charge in [-0.3, -0.25) is 0 Å². The molecule has 0 aliphatic carbocycles. The predicted octanol–water partition coefficient (Wildman–Crippen LogP) is 1.51. The molecule has 64 valence electrons. The zero-order valence-electron chi connectivity index (χ0n) is 6.37. The molecule has 12 heavy (non-hydrogen) atoms. The Morgan fingerprint density at radius 3 is 3.25 bits per heavy atom. The van der Waals surface area contributed by atoms with Crippen LogP contribution >= 0.6 is 11.6 Å². The second kappa shape index (κ2) is 3.29. The van der Waals surface area contributed by atoms with Crippen molar-refractivity contribution < 1.29 is 9.47 Å². The highest BCUT2D eigenvalue weighted by Crippen LogP contribution is 2.21. The number of epoxide rings is 1. The smallest absolute Gasteiger partial charge is 0.171 e. The third kappa shape index (κ3) is 1.87. The Balaban J connectivity index is 1.96. The summed E-state index contributed by atoms with van der Waals surface area (Å²) in [7, 11) is 0. The summed E-state index contributed by atoms with van der Waals surface area (Å²) in [6, 6.07) is 3.58. The van der Waals surface area contributed by atoms with Gasteiger partial charge in [0, 0.05) is 6.20 Å². The fraction of sp³-hybridized carbons (Fsp3) is 0.375. The van der Waals surface area contributed by atoms with Crippen LogP contribution in [-0.2, 0) is 4.74 Å². The third-order valence-electron chi connectivity index (χ3n) is 1.55. The maximum absolute atomic E-state index is 5.75. The van der Waals surface area contributed by atoms with Crippen LogP contribution in [0.25, 0.3) is 0 Å². The molecule has 0 amide bonds. The fourth-order valence-corrected chi connectivity index (χ4v) is 1.000. The number of halogens is 1. The van der Waals surface area contributed by atoms with Gasteiger partial charge in [0.2, 0.25) is 0 Å². The molecule has 0 N–H and O–H groups in total. The summed E-state index contributed by atoms with van der Waals surface area (Å²) in [5.74, 6) is 0.620. The number of pyridine rings is 1. The van der Waals surface area contributed by atoms with Crippen LogP contribution in [-0.4, -0.2) is 24.3 Å². The molecule has 1 aromatic rings. The highest BCUT2D eigenvalue weighted by atomic mass is 35.5. The second-order valence-electron chi connectivity index (χ2n) is 2.56. The summed E-state index contributed by atoms with van der Waals surface area (Å²) in [5, 5.41) is 0.401. The Morgan fingerprint density at radius 2 is 2.58 bits per heavy atom. The van der Waals surface area contributed by atoms with Crippen LogP contribution in [0.2, 0.25) is 5.15 Å². The molecule has 4 heteroatoms. The van der Waals surface area contributed by atoms with Gasteiger partial charge >= 0.3 is 0 Å². The molecule has 0 unspecified atom stereocenters. The second-order valence-corrected chi connectivity index (χ2v) is 2.92. The number of rotatable bonds is 3. The van der Waals surface area contributed by atoms with E-state index in [0.717, 1.165) is 6.61 Å². The van der Waals surface area contributed by atoms with Gasteiger partial charge in [-0.15, -0.1) is 0 Å². The summed E-state index contributed by atoms with van der Waals surface area (Å²) in [5.41, 5.74) is 0. The van der Waals surface area contributed by atoms with Crippen molar-refractivity contribution >= 4 is 11.6 Å². The molecule has 2 rings (SSSR count). The lowest BCUT2D eigenvalue weighted by Gasteiger charge is -2.03. The Bertz CT molecular complexity index is 276. The van der Waals surface area contributed by atoms with E-state index in [-0.39, 0.29) is 6.10 Å². The van der Waals surface area contributed by atoms with E-state index in [4.69, 9.17) is 21.1 Å². The number of nitrogens with zero attached hydrogens (tertiary/aromatic N) is 1. The highest BCUT2D eigenvalue weighted by molar-refractivity contribution is 6.30. The lowest BCUT2D eigenvalue weighted by atomic mass is 10.4. The van der Waals surface area contributed by atoms with Crippen molar-refractivity contribution in [2.45, 2.75) is 6.10 Å². The molecule has 1 fully saturated rings. The molecule has 1 atom stereocenters. The van der Waals surface area contributed by atoms with E-state index in [1.165, 1.54) is 0 Å². The van der Waals surface area contributed by atoms with Crippen LogP contribution in [0.1, 0.15) is 0 Å². The van der Waals surface area contributed by atoms with Gasteiger partial charge in [0.25, 0.3) is 0 Å². The summed E-state index contributed by atoms with van der Waals surface area (Å²) in [6.07, 6.45) is 1.88. The molecule has 1 saturated heterocycles. The standard InChI is InChI=1S/C8H8ClNO2/c9-8-7(2-1-3-10-8)12-5-6-4-11-6/h1-3,6H,4-5H2/t6-/m0/s1. The van der Waals surface area contributed by atoms with E-state index >= 15 is 0 Å². The average Bonchev–Trinajstić information content (AvgIpc) is 2.86. The van der Waals surface area contributed by atoms with Crippen molar-refractivity contribution in [1.82, 2.24) is 4.98 Å². The van der Waals surface area contributed by atoms with Gasteiger partial charge in [0.15, 0.2) is 10.9 Å². The predicted molar refractivity (Wildman–Crippen MR) is 44.5 cm³/mol. The molecule has 1 aliphatic rings. The number of ether oxygens (including phenoxy) is 2. The molecule has 0 radical (unpaired) electrons. The Labute approximate surface area is 75.3 Å². The van der Waals surface area contributed by atoms with Crippen molar-refractivity contribution in [3.8, 4) is 5.75 Å². The monoisotopic (exact) mass is 185 g/mol. The molecule has 0 bridgehead atoms. The zero-order valence-corrected chi connectivity index (χ0v) is 7.12. The normalized spacial score (nSPS) is 20.6. The number of aromatic nitrogens is 1. The number of hydrogen-bond donors (Lipinski definition) is 0. The van der Waals surface area contributed by atoms with E-state index in [1.54, 1.807) is 18.3 Å². The van der Waals surface area contributed by atoms with Gasteiger partial charge in [-0.1, -0.05) is 11.6 Å². The van der Waals surface area contributed by atoms with Crippen LogP contribution < -0.4 is 4.74 Å². The first-order valence-electron chi connectivity index (χ1n) is 3.71. The average molecular weight is 186 g/mol. The van der Waals surface area contributed by atoms with E-state index < -0.39 is 0 Å². The van der Waals surface area contributed by atoms with Crippen molar-refractivity contribution in [2.24, 2.45) is 0 Å². The van der Waals surface area contributed by atoms with Crippen molar-refractivity contribution in [2.75, 3.05) is 13.2 Å². The Morgan fingerprint density at radius 1 is 1.75 bits per heavy atom. The minimum atomic E-state index is 0.251. The molecular weight excluding hydrogens is 178 g/mol. The van der Waals surface area contributed by atoms with Crippen molar-refractivity contribution in [3.05, 3.63) is 23.5 Å². The minimum absolute atomic E-state index is 0.251. The van der Waals surface area contributed by atoms with Crippen LogP contribution in [0.3, 0.4) is 0 Å². The fourth-order valence-electron chi connectivity index (χ4n) is 0.826. The van der Waals surface area contributed by atoms with Crippen LogP contribution in [0.4, 0.5) is 0 Å². The van der Waals surface area contributed by atoms with E-state index in [1.807, 2.05) is 0 Å². The largest absolute Gasteiger partial charge is 0.488 e. The van der Waals surface area contributed by atoms with Crippen LogP contribution in [0.15, 0.2) is 18.3 Å². The maximum Gasteiger partial charge on any atom is 0.171 e. The molecule has 0 saturated carbocycles. The van der Waals surface area contributed by atoms with E-state index in [9.17, 15) is 0 Å². The van der Waals surface area contributed by atoms with Gasteiger partial charge in [-0.25, -0.2) is 4.98 Å². The third-order valence-corrected chi connectivity index (χ3v) is 1.84. The minimum Gasteiger partial charge on any atom is -0.488 e. The van der Waals surface area contributed by atoms with Crippen LogP contribution in [0, 0.1) is 0 Å². The summed E-state index contributed by atoms with van der Waals surface area (Å²) in [6.45, 7) is 1.35. The van der Waals surface area contributed by atoms with Crippen LogP contribution in [0.5, 0.6) is 5.75 Å². The van der Waals surface area contributed by atoms with Gasteiger partial charge in [-0.05, 0) is 12.1 Å². The summed E-state index contributed by atoms with van der Waals surface area (Å²) in [4.78, 5) is 3.88. The van der Waals surface area contributed by atoms with Gasteiger partial charge < -0.3 is 9.47 Å². The molecule has 2 heterocycles. The first-order valence-corrected chi connectivity index (χ1v) is 4.09. The quantitative estimate of drug-likeness (QED) is 0.529. The Hall–Kier alpha value is -0.800. The molecule has 0 spiro atoms. The molecule has 3 nitrogen and oxygen atoms in total. The molecule has 1 aromatic heterocycles. The zero-order chi connectivity index (χ0) is 8.39. The lowest BCUT2D eigenvalue weighted by molar-refractivity contribution is 0.262. The number of hydrogen-bond acceptors (Lipinski definition) is 3. The molecular formula is C8H8ClNO2. The van der Waals surface area contributed by atoms with Gasteiger partial charge in [-0.2, -0.15) is 0 Å². The highest BCUT2D eigenvalue weighted by Gasteiger charge is 2.23. The lowest BCUT2D eigenvalue weighted by Crippen LogP contribution is -2.04. The summed E-state index contributed by atoms with van der Waals surface area (Å²) < 4.78 is 10.3. The topological polar surface area (TPSA) is 34.6 Å². The first-order chi connectivity index (χ1) is 5.86. The summed E-state index contributed by atoms with van der Waals surface area (Å²) >= 11 is 5.75. The van der Waals surface area contributed by atoms with E-state index in [0.29, 0.717) is 17.5 Å². The van der Waals surface area contributed by atoms with Crippen molar-refractivity contribution in [3.63, 3.8) is 0 Å². The van der Waals surface area contributed by atoms with Crippen molar-refractivity contribution in [1.29, 1.82) is 0 Å². The van der Waals surface area contributed by atoms with Gasteiger partial charge in [0.1, 0.15) is 12.7 Å².